The van der Waals surface area contributed by atoms with Crippen molar-refractivity contribution in [3.05, 3.63) is 23.3 Å². The zero-order chi connectivity index (χ0) is 16.9. The number of halogens is 1. The molecular formula is C16H23BrN4O2S. The maximum absolute atomic E-state index is 9.79. The van der Waals surface area contributed by atoms with E-state index in [4.69, 9.17) is 20.6 Å². The zero-order valence-corrected chi connectivity index (χ0v) is 16.4. The highest BCUT2D eigenvalue weighted by atomic mass is 79.9. The second kappa shape index (κ2) is 9.16. The number of nitrogens with one attached hydrogen (secondary N) is 2. The normalized spacial score (nSPS) is 18.7. The molecule has 0 aromatic heterocycles. The number of rotatable bonds is 6. The van der Waals surface area contributed by atoms with Crippen LogP contribution in [0, 0.1) is 16.7 Å². The van der Waals surface area contributed by atoms with Crippen molar-refractivity contribution in [2.75, 3.05) is 25.5 Å². The van der Waals surface area contributed by atoms with E-state index in [1.165, 1.54) is 0 Å². The van der Waals surface area contributed by atoms with Gasteiger partial charge in [0.05, 0.1) is 19.3 Å². The lowest BCUT2D eigenvalue weighted by molar-refractivity contribution is 0.285. The molecule has 1 heterocycles. The molecule has 2 rings (SSSR count). The zero-order valence-electron chi connectivity index (χ0n) is 13.8. The van der Waals surface area contributed by atoms with E-state index in [1.807, 2.05) is 26.0 Å². The molecule has 1 aromatic carbocycles. The van der Waals surface area contributed by atoms with E-state index < -0.39 is 5.54 Å². The Morgan fingerprint density at radius 3 is 2.54 bits per heavy atom. The predicted molar refractivity (Wildman–Crippen MR) is 102 cm³/mol. The Bertz CT molecular complexity index is 635. The molecule has 1 unspecified atom stereocenters. The molecule has 4 N–H and O–H groups in total. The number of hydrogen-bond donors (Lipinski definition) is 3. The lowest BCUT2D eigenvalue weighted by atomic mass is 9.84. The van der Waals surface area contributed by atoms with Crippen molar-refractivity contribution in [1.29, 1.82) is 10.7 Å². The summed E-state index contributed by atoms with van der Waals surface area (Å²) in [7, 11) is 0. The van der Waals surface area contributed by atoms with Gasteiger partial charge in [0.25, 0.3) is 0 Å². The summed E-state index contributed by atoms with van der Waals surface area (Å²) < 4.78 is 11.4. The van der Waals surface area contributed by atoms with Gasteiger partial charge in [-0.1, -0.05) is 11.8 Å². The van der Waals surface area contributed by atoms with Crippen LogP contribution in [0.2, 0.25) is 0 Å². The van der Waals surface area contributed by atoms with Gasteiger partial charge in [-0.2, -0.15) is 5.26 Å². The van der Waals surface area contributed by atoms with Crippen molar-refractivity contribution in [3.63, 3.8) is 0 Å². The van der Waals surface area contributed by atoms with E-state index in [-0.39, 0.29) is 22.1 Å². The number of hydrogen-bond acceptors (Lipinski definition) is 6. The number of thioether (sulfide) groups is 1. The summed E-state index contributed by atoms with van der Waals surface area (Å²) >= 11 is 1.16. The van der Waals surface area contributed by atoms with E-state index >= 15 is 0 Å². The largest absolute Gasteiger partial charge is 0.490 e. The SMILES string of the molecule is Br.CCOc1cc2c(cc1OCC)C(C#N)(CSC(=N)N)NCC2. The molecule has 24 heavy (non-hydrogen) atoms. The summed E-state index contributed by atoms with van der Waals surface area (Å²) in [6.07, 6.45) is 0.815. The van der Waals surface area contributed by atoms with E-state index in [1.54, 1.807) is 0 Å². The van der Waals surface area contributed by atoms with Crippen LogP contribution in [-0.4, -0.2) is 30.7 Å². The Hall–Kier alpha value is -1.43. The van der Waals surface area contributed by atoms with Gasteiger partial charge in [0.15, 0.2) is 16.7 Å². The van der Waals surface area contributed by atoms with Gasteiger partial charge in [0.2, 0.25) is 0 Å². The summed E-state index contributed by atoms with van der Waals surface area (Å²) in [6.45, 7) is 5.61. The molecule has 0 fully saturated rings. The molecule has 0 amide bonds. The first-order valence-corrected chi connectivity index (χ1v) is 8.61. The standard InChI is InChI=1S/C16H22N4O2S.BrH/c1-3-21-13-7-11-5-6-20-16(9-17,10-23-15(18)19)12(11)8-14(13)22-4-2;/h7-8,20H,3-6,10H2,1-2H3,(H3,18,19);1H. The Morgan fingerprint density at radius 2 is 2.00 bits per heavy atom. The minimum Gasteiger partial charge on any atom is -0.490 e. The smallest absolute Gasteiger partial charge is 0.161 e. The highest BCUT2D eigenvalue weighted by Gasteiger charge is 2.38. The van der Waals surface area contributed by atoms with Crippen LogP contribution in [0.4, 0.5) is 0 Å². The van der Waals surface area contributed by atoms with E-state index in [9.17, 15) is 5.26 Å². The summed E-state index contributed by atoms with van der Waals surface area (Å²) in [4.78, 5) is 0. The van der Waals surface area contributed by atoms with Crippen molar-refractivity contribution in [2.24, 2.45) is 5.73 Å². The van der Waals surface area contributed by atoms with Gasteiger partial charge >= 0.3 is 0 Å². The van der Waals surface area contributed by atoms with E-state index in [0.29, 0.717) is 37.0 Å². The molecule has 8 heteroatoms. The maximum atomic E-state index is 9.79. The van der Waals surface area contributed by atoms with Gasteiger partial charge in [-0.05, 0) is 43.5 Å². The fourth-order valence-electron chi connectivity index (χ4n) is 2.70. The van der Waals surface area contributed by atoms with Gasteiger partial charge in [0.1, 0.15) is 5.54 Å². The molecule has 6 nitrogen and oxygen atoms in total. The first-order valence-electron chi connectivity index (χ1n) is 7.62. The summed E-state index contributed by atoms with van der Waals surface area (Å²) in [5.74, 6) is 1.73. The maximum Gasteiger partial charge on any atom is 0.161 e. The molecule has 0 radical (unpaired) electrons. The number of nitrogens with zero attached hydrogens (tertiary/aromatic N) is 1. The second-order valence-electron chi connectivity index (χ2n) is 5.17. The Labute approximate surface area is 157 Å². The van der Waals surface area contributed by atoms with Gasteiger partial charge < -0.3 is 15.2 Å². The van der Waals surface area contributed by atoms with Gasteiger partial charge in [-0.3, -0.25) is 10.7 Å². The second-order valence-corrected chi connectivity index (χ2v) is 6.19. The molecule has 1 atom stereocenters. The fourth-order valence-corrected chi connectivity index (χ4v) is 3.39. The molecule has 0 bridgehead atoms. The minimum absolute atomic E-state index is 0. The van der Waals surface area contributed by atoms with Crippen LogP contribution in [0.25, 0.3) is 0 Å². The molecule has 0 aliphatic carbocycles. The summed E-state index contributed by atoms with van der Waals surface area (Å²) in [5.41, 5.74) is 6.53. The molecule has 1 aliphatic heterocycles. The number of amidine groups is 1. The highest BCUT2D eigenvalue weighted by Crippen LogP contribution is 2.39. The van der Waals surface area contributed by atoms with Crippen molar-refractivity contribution >= 4 is 33.9 Å². The van der Waals surface area contributed by atoms with Crippen LogP contribution < -0.4 is 20.5 Å². The Morgan fingerprint density at radius 1 is 1.38 bits per heavy atom. The third-order valence-corrected chi connectivity index (χ3v) is 4.57. The molecule has 1 aromatic rings. The van der Waals surface area contributed by atoms with Crippen molar-refractivity contribution in [2.45, 2.75) is 25.8 Å². The number of ether oxygens (including phenoxy) is 2. The number of benzene rings is 1. The number of fused-ring (bicyclic) bond motifs is 1. The van der Waals surface area contributed by atoms with Crippen LogP contribution >= 0.6 is 28.7 Å². The van der Waals surface area contributed by atoms with Crippen LogP contribution in [0.3, 0.4) is 0 Å². The first-order chi connectivity index (χ1) is 11.1. The van der Waals surface area contributed by atoms with Crippen LogP contribution in [0.15, 0.2) is 12.1 Å². The van der Waals surface area contributed by atoms with Crippen LogP contribution in [0.5, 0.6) is 11.5 Å². The fraction of sp³-hybridized carbons (Fsp3) is 0.500. The van der Waals surface area contributed by atoms with Gasteiger partial charge in [0, 0.05) is 12.3 Å². The van der Waals surface area contributed by atoms with Crippen LogP contribution in [-0.2, 0) is 12.0 Å². The summed E-state index contributed by atoms with van der Waals surface area (Å²) in [6, 6.07) is 6.23. The van der Waals surface area contributed by atoms with E-state index in [2.05, 4.69) is 11.4 Å². The molecule has 0 saturated carbocycles. The molecular weight excluding hydrogens is 392 g/mol. The monoisotopic (exact) mass is 414 g/mol. The van der Waals surface area contributed by atoms with Crippen molar-refractivity contribution < 1.29 is 9.47 Å². The molecule has 132 valence electrons. The minimum atomic E-state index is -0.874. The number of nitrogens with two attached hydrogens (primary N) is 1. The molecule has 0 saturated heterocycles. The van der Waals surface area contributed by atoms with E-state index in [0.717, 1.165) is 29.3 Å². The molecule has 0 spiro atoms. The highest BCUT2D eigenvalue weighted by molar-refractivity contribution is 8.93. The average Bonchev–Trinajstić information content (AvgIpc) is 2.54. The topological polar surface area (TPSA) is 104 Å². The Kier molecular flexibility index (Phi) is 7.87. The first kappa shape index (κ1) is 20.6. The number of nitriles is 1. The summed E-state index contributed by atoms with van der Waals surface area (Å²) in [5, 5.41) is 20.5. The molecule has 1 aliphatic rings. The quantitative estimate of drug-likeness (QED) is 0.487. The van der Waals surface area contributed by atoms with Gasteiger partial charge in [-0.25, -0.2) is 0 Å². The lowest BCUT2D eigenvalue weighted by Gasteiger charge is -2.35. The third-order valence-electron chi connectivity index (χ3n) is 3.69. The predicted octanol–water partition coefficient (Wildman–Crippen LogP) is 2.55. The Balaban J connectivity index is 0.00000288. The third kappa shape index (κ3) is 4.35. The lowest BCUT2D eigenvalue weighted by Crippen LogP contribution is -2.48. The average molecular weight is 415 g/mol. The van der Waals surface area contributed by atoms with Crippen molar-refractivity contribution in [3.8, 4) is 17.6 Å². The van der Waals surface area contributed by atoms with Crippen LogP contribution in [0.1, 0.15) is 25.0 Å². The van der Waals surface area contributed by atoms with Crippen molar-refractivity contribution in [1.82, 2.24) is 5.32 Å². The van der Waals surface area contributed by atoms with Gasteiger partial charge in [-0.15, -0.1) is 17.0 Å².